The quantitative estimate of drug-likeness (QED) is 0.0788. The van der Waals surface area contributed by atoms with Crippen LogP contribution < -0.4 is 10.6 Å². The molecule has 0 aliphatic heterocycles. The second-order valence-corrected chi connectivity index (χ2v) is 13.3. The van der Waals surface area contributed by atoms with Gasteiger partial charge in [-0.15, -0.1) is 5.11 Å². The number of phenols is 1. The Morgan fingerprint density at radius 1 is 0.702 bits per heavy atom. The number of nitrogens with zero attached hydrogens (tertiary/aromatic N) is 5. The predicted molar refractivity (Wildman–Crippen MR) is 176 cm³/mol. The maximum Gasteiger partial charge on any atom is 0.296 e. The van der Waals surface area contributed by atoms with E-state index in [1.807, 2.05) is 36.4 Å². The van der Waals surface area contributed by atoms with E-state index in [9.17, 15) is 31.0 Å². The largest absolute Gasteiger partial charge is 0.505 e. The lowest BCUT2D eigenvalue weighted by Gasteiger charge is -2.14. The Morgan fingerprint density at radius 2 is 1.38 bits per heavy atom. The predicted octanol–water partition coefficient (Wildman–Crippen LogP) is 7.24. The molecular formula is C30H22ClN7O7S2. The molecule has 0 aliphatic rings. The van der Waals surface area contributed by atoms with Crippen LogP contribution in [0, 0.1) is 6.92 Å². The zero-order chi connectivity index (χ0) is 33.5. The summed E-state index contributed by atoms with van der Waals surface area (Å²) in [6.45, 7) is 1.64. The van der Waals surface area contributed by atoms with Gasteiger partial charge in [0.2, 0.25) is 17.2 Å². The fraction of sp³-hybridized carbons (Fsp3) is 0.0333. The molecule has 47 heavy (non-hydrogen) atoms. The maximum absolute atomic E-state index is 12.1. The van der Waals surface area contributed by atoms with Crippen molar-refractivity contribution in [3.8, 4) is 5.75 Å². The zero-order valence-corrected chi connectivity index (χ0v) is 26.4. The molecular weight excluding hydrogens is 670 g/mol. The van der Waals surface area contributed by atoms with E-state index < -0.39 is 30.0 Å². The molecule has 0 bridgehead atoms. The maximum atomic E-state index is 12.1. The number of fused-ring (bicyclic) bond motifs is 2. The molecule has 0 aliphatic carbocycles. The second kappa shape index (κ2) is 12.2. The topological polar surface area (TPSA) is 216 Å². The number of nitrogens with one attached hydrogen (secondary N) is 2. The molecule has 5 N–H and O–H groups in total. The van der Waals surface area contributed by atoms with Gasteiger partial charge in [-0.3, -0.25) is 9.11 Å². The van der Waals surface area contributed by atoms with Crippen molar-refractivity contribution in [2.24, 2.45) is 10.2 Å². The molecule has 0 atom stereocenters. The molecule has 6 rings (SSSR count). The van der Waals surface area contributed by atoms with Crippen LogP contribution in [0.2, 0.25) is 5.28 Å². The highest BCUT2D eigenvalue weighted by Gasteiger charge is 2.20. The van der Waals surface area contributed by atoms with Crippen LogP contribution in [0.1, 0.15) is 5.56 Å². The normalized spacial score (nSPS) is 12.2. The van der Waals surface area contributed by atoms with E-state index >= 15 is 0 Å². The highest BCUT2D eigenvalue weighted by Crippen LogP contribution is 2.42. The molecule has 0 radical (unpaired) electrons. The zero-order valence-electron chi connectivity index (χ0n) is 24.0. The van der Waals surface area contributed by atoms with Crippen LogP contribution in [-0.4, -0.2) is 46.0 Å². The SMILES string of the molecule is Cc1ccc(Nc2nc(Cl)nc(Nc3cc(S(=O)(=O)O)cc4ccc(N=Nc5ccc6ccccc6c5)c(O)c34)n2)c(S(=O)(=O)O)c1. The average Bonchev–Trinajstić information content (AvgIpc) is 3.00. The molecule has 0 unspecified atom stereocenters. The Hall–Kier alpha value is -5.26. The van der Waals surface area contributed by atoms with Crippen molar-refractivity contribution >= 4 is 88.0 Å². The average molecular weight is 692 g/mol. The van der Waals surface area contributed by atoms with Gasteiger partial charge in [-0.2, -0.15) is 36.9 Å². The van der Waals surface area contributed by atoms with E-state index in [4.69, 9.17) is 11.6 Å². The van der Waals surface area contributed by atoms with Crippen LogP contribution in [0.3, 0.4) is 0 Å². The molecule has 238 valence electrons. The van der Waals surface area contributed by atoms with Gasteiger partial charge in [0, 0.05) is 5.39 Å². The van der Waals surface area contributed by atoms with Crippen LogP contribution in [0.25, 0.3) is 21.5 Å². The van der Waals surface area contributed by atoms with Gasteiger partial charge in [-0.1, -0.05) is 42.5 Å². The molecule has 0 saturated carbocycles. The summed E-state index contributed by atoms with van der Waals surface area (Å²) in [5.74, 6) is -0.887. The molecule has 5 aromatic carbocycles. The summed E-state index contributed by atoms with van der Waals surface area (Å²) in [6.07, 6.45) is 0. The van der Waals surface area contributed by atoms with Gasteiger partial charge in [0.05, 0.1) is 22.0 Å². The van der Waals surface area contributed by atoms with E-state index in [2.05, 4.69) is 35.8 Å². The van der Waals surface area contributed by atoms with Crippen molar-refractivity contribution in [1.82, 2.24) is 15.0 Å². The molecule has 0 spiro atoms. The second-order valence-electron chi connectivity index (χ2n) is 10.2. The highest BCUT2D eigenvalue weighted by atomic mass is 35.5. The van der Waals surface area contributed by atoms with Gasteiger partial charge in [0.15, 0.2) is 5.75 Å². The van der Waals surface area contributed by atoms with Crippen molar-refractivity contribution in [1.29, 1.82) is 0 Å². The summed E-state index contributed by atoms with van der Waals surface area (Å²) in [5, 5.41) is 27.1. The lowest BCUT2D eigenvalue weighted by molar-refractivity contribution is 0.480. The van der Waals surface area contributed by atoms with Gasteiger partial charge in [0.25, 0.3) is 20.2 Å². The monoisotopic (exact) mass is 691 g/mol. The van der Waals surface area contributed by atoms with Gasteiger partial charge < -0.3 is 15.7 Å². The number of rotatable bonds is 8. The first-order valence-electron chi connectivity index (χ1n) is 13.5. The van der Waals surface area contributed by atoms with Crippen molar-refractivity contribution in [2.45, 2.75) is 16.7 Å². The van der Waals surface area contributed by atoms with Crippen molar-refractivity contribution in [3.05, 3.63) is 95.8 Å². The smallest absolute Gasteiger partial charge is 0.296 e. The number of benzene rings is 5. The van der Waals surface area contributed by atoms with Crippen molar-refractivity contribution in [3.63, 3.8) is 0 Å². The van der Waals surface area contributed by atoms with Gasteiger partial charge >= 0.3 is 0 Å². The Morgan fingerprint density at radius 3 is 2.09 bits per heavy atom. The fourth-order valence-electron chi connectivity index (χ4n) is 4.74. The van der Waals surface area contributed by atoms with Crippen LogP contribution in [0.15, 0.2) is 105 Å². The van der Waals surface area contributed by atoms with E-state index in [-0.39, 0.29) is 50.8 Å². The Kier molecular flexibility index (Phi) is 8.20. The van der Waals surface area contributed by atoms with E-state index in [1.54, 1.807) is 19.1 Å². The number of halogens is 1. The summed E-state index contributed by atoms with van der Waals surface area (Å²) in [4.78, 5) is 11.2. The van der Waals surface area contributed by atoms with E-state index in [0.717, 1.165) is 22.9 Å². The number of aromatic nitrogens is 3. The molecule has 0 saturated heterocycles. The minimum Gasteiger partial charge on any atom is -0.505 e. The van der Waals surface area contributed by atoms with E-state index in [1.165, 1.54) is 24.3 Å². The Balaban J connectivity index is 1.41. The minimum atomic E-state index is -4.71. The summed E-state index contributed by atoms with van der Waals surface area (Å²) >= 11 is 6.13. The first kappa shape index (κ1) is 31.7. The van der Waals surface area contributed by atoms with Crippen LogP contribution in [0.5, 0.6) is 5.75 Å². The molecule has 6 aromatic rings. The first-order valence-corrected chi connectivity index (χ1v) is 16.7. The number of anilines is 4. The highest BCUT2D eigenvalue weighted by molar-refractivity contribution is 7.86. The Bertz CT molecular complexity index is 2480. The first-order chi connectivity index (χ1) is 22.2. The van der Waals surface area contributed by atoms with Gasteiger partial charge in [-0.25, -0.2) is 0 Å². The van der Waals surface area contributed by atoms with Crippen LogP contribution in [-0.2, 0) is 20.2 Å². The van der Waals surface area contributed by atoms with Gasteiger partial charge in [-0.05, 0) is 82.7 Å². The third-order valence-corrected chi connectivity index (χ3v) is 8.76. The molecule has 17 heteroatoms. The molecule has 1 heterocycles. The van der Waals surface area contributed by atoms with Gasteiger partial charge in [0.1, 0.15) is 10.6 Å². The molecule has 14 nitrogen and oxygen atoms in total. The number of phenolic OH excluding ortho intramolecular Hbond substituents is 1. The number of aryl methyl sites for hydroxylation is 1. The lowest BCUT2D eigenvalue weighted by Crippen LogP contribution is -2.08. The summed E-state index contributed by atoms with van der Waals surface area (Å²) < 4.78 is 67.7. The third kappa shape index (κ3) is 6.96. The number of hydrogen-bond acceptors (Lipinski definition) is 12. The van der Waals surface area contributed by atoms with Crippen molar-refractivity contribution < 1.29 is 31.0 Å². The minimum absolute atomic E-state index is 0.0430. The number of hydrogen-bond donors (Lipinski definition) is 5. The fourth-order valence-corrected chi connectivity index (χ4v) is 6.17. The number of aromatic hydroxyl groups is 1. The molecule has 0 amide bonds. The molecule has 1 aromatic heterocycles. The van der Waals surface area contributed by atoms with Crippen LogP contribution >= 0.6 is 11.6 Å². The lowest BCUT2D eigenvalue weighted by atomic mass is 10.1. The summed E-state index contributed by atoms with van der Waals surface area (Å²) in [7, 11) is -9.35. The molecule has 0 fully saturated rings. The Labute approximate surface area is 272 Å². The standard InChI is InChI=1S/C30H22ClN7O7S2/c1-16-6-10-22(25(12-16)47(43,44)45)32-29-34-28(31)35-30(36-29)33-24-15-21(46(40,41)42)14-19-8-11-23(27(39)26(19)24)38-37-20-9-7-17-4-2-3-5-18(17)13-20/h2-15,39H,1H3,(H,40,41,42)(H,43,44,45)(H2,32,33,34,35,36). The van der Waals surface area contributed by atoms with E-state index in [0.29, 0.717) is 11.3 Å². The third-order valence-electron chi connectivity index (χ3n) is 6.86. The van der Waals surface area contributed by atoms with Crippen molar-refractivity contribution in [2.75, 3.05) is 10.6 Å². The summed E-state index contributed by atoms with van der Waals surface area (Å²) in [6, 6.07) is 22.5. The number of azo groups is 1. The summed E-state index contributed by atoms with van der Waals surface area (Å²) in [5.41, 5.74) is 0.984. The van der Waals surface area contributed by atoms with Crippen LogP contribution in [0.4, 0.5) is 34.6 Å².